The molecule has 2 unspecified atom stereocenters. The zero-order valence-electron chi connectivity index (χ0n) is 12.2. The van der Waals surface area contributed by atoms with E-state index >= 15 is 0 Å². The minimum Gasteiger partial charge on any atom is -0.351 e. The van der Waals surface area contributed by atoms with Gasteiger partial charge in [-0.1, -0.05) is 6.92 Å². The first-order valence-electron chi connectivity index (χ1n) is 7.34. The van der Waals surface area contributed by atoms with Crippen LogP contribution in [0.3, 0.4) is 0 Å². The largest absolute Gasteiger partial charge is 0.351 e. The number of fused-ring (bicyclic) bond motifs is 1. The van der Waals surface area contributed by atoms with E-state index in [2.05, 4.69) is 41.7 Å². The van der Waals surface area contributed by atoms with Crippen molar-refractivity contribution in [3.8, 4) is 0 Å². The fourth-order valence-electron chi connectivity index (χ4n) is 3.14. The van der Waals surface area contributed by atoms with Crippen molar-refractivity contribution in [3.63, 3.8) is 0 Å². The second-order valence-corrected chi connectivity index (χ2v) is 7.09. The molecule has 0 N–H and O–H groups in total. The van der Waals surface area contributed by atoms with Crippen molar-refractivity contribution in [2.24, 2.45) is 0 Å². The molecule has 1 aliphatic rings. The van der Waals surface area contributed by atoms with E-state index in [9.17, 15) is 0 Å². The Morgan fingerprint density at radius 3 is 2.65 bits per heavy atom. The van der Waals surface area contributed by atoms with E-state index in [-0.39, 0.29) is 0 Å². The summed E-state index contributed by atoms with van der Waals surface area (Å²) in [6.07, 6.45) is 4.77. The summed E-state index contributed by atoms with van der Waals surface area (Å²) < 4.78 is 0. The number of anilines is 1. The van der Waals surface area contributed by atoms with Crippen molar-refractivity contribution < 1.29 is 0 Å². The van der Waals surface area contributed by atoms with Crippen LogP contribution in [0.5, 0.6) is 0 Å². The number of thiophene rings is 1. The van der Waals surface area contributed by atoms with E-state index < -0.39 is 0 Å². The van der Waals surface area contributed by atoms with E-state index in [0.717, 1.165) is 22.5 Å². The molecule has 0 bridgehead atoms. The van der Waals surface area contributed by atoms with Crippen molar-refractivity contribution in [2.75, 3.05) is 4.90 Å². The zero-order chi connectivity index (χ0) is 14.3. The van der Waals surface area contributed by atoms with Gasteiger partial charge in [0, 0.05) is 17.0 Å². The third-order valence-corrected chi connectivity index (χ3v) is 5.53. The lowest BCUT2D eigenvalue weighted by atomic mass is 9.97. The normalized spacial score (nSPS) is 23.5. The molecule has 0 saturated carbocycles. The number of halogens is 1. The van der Waals surface area contributed by atoms with E-state index in [1.165, 1.54) is 24.1 Å². The van der Waals surface area contributed by atoms with Crippen LogP contribution < -0.4 is 4.90 Å². The van der Waals surface area contributed by atoms with Crippen LogP contribution in [0.2, 0.25) is 5.28 Å². The maximum absolute atomic E-state index is 6.15. The maximum Gasteiger partial charge on any atom is 0.225 e. The van der Waals surface area contributed by atoms with Gasteiger partial charge in [-0.25, -0.2) is 4.98 Å². The topological polar surface area (TPSA) is 29.0 Å². The predicted molar refractivity (Wildman–Crippen MR) is 87.1 cm³/mol. The first kappa shape index (κ1) is 14.1. The molecule has 3 rings (SSSR count). The van der Waals surface area contributed by atoms with Crippen LogP contribution in [0, 0.1) is 0 Å². The third-order valence-electron chi connectivity index (χ3n) is 4.18. The van der Waals surface area contributed by atoms with Crippen molar-refractivity contribution in [2.45, 2.75) is 58.5 Å². The van der Waals surface area contributed by atoms with Crippen molar-refractivity contribution in [1.29, 1.82) is 0 Å². The highest BCUT2D eigenvalue weighted by atomic mass is 35.5. The molecule has 1 aliphatic heterocycles. The van der Waals surface area contributed by atoms with Gasteiger partial charge < -0.3 is 4.90 Å². The van der Waals surface area contributed by atoms with Crippen LogP contribution >= 0.6 is 22.9 Å². The summed E-state index contributed by atoms with van der Waals surface area (Å²) in [7, 11) is 0. The summed E-state index contributed by atoms with van der Waals surface area (Å²) in [5.74, 6) is 1.02. The molecule has 0 aromatic carbocycles. The minimum atomic E-state index is 0.363. The molecule has 2 atom stereocenters. The van der Waals surface area contributed by atoms with Gasteiger partial charge in [-0.15, -0.1) is 11.3 Å². The molecule has 2 aromatic heterocycles. The van der Waals surface area contributed by atoms with Crippen molar-refractivity contribution >= 4 is 39.0 Å². The maximum atomic E-state index is 6.15. The Hall–Kier alpha value is -0.870. The number of nitrogens with zero attached hydrogens (tertiary/aromatic N) is 3. The van der Waals surface area contributed by atoms with Crippen molar-refractivity contribution in [1.82, 2.24) is 9.97 Å². The molecule has 5 heteroatoms. The van der Waals surface area contributed by atoms with E-state index in [0.29, 0.717) is 17.4 Å². The second-order valence-electron chi connectivity index (χ2n) is 5.64. The fourth-order valence-corrected chi connectivity index (χ4v) is 4.32. The van der Waals surface area contributed by atoms with Crippen LogP contribution in [0.4, 0.5) is 5.82 Å². The number of rotatable bonds is 2. The fraction of sp³-hybridized carbons (Fsp3) is 0.600. The first-order chi connectivity index (χ1) is 9.60. The SMILES string of the molecule is CCc1cc2c(N3C(C)CCCC3C)nc(Cl)nc2s1. The highest BCUT2D eigenvalue weighted by molar-refractivity contribution is 7.18. The summed E-state index contributed by atoms with van der Waals surface area (Å²) in [4.78, 5) is 13.8. The number of aryl methyl sites for hydroxylation is 1. The molecule has 108 valence electrons. The van der Waals surface area contributed by atoms with Gasteiger partial charge in [0.05, 0.1) is 5.39 Å². The van der Waals surface area contributed by atoms with Gasteiger partial charge in [0.15, 0.2) is 0 Å². The van der Waals surface area contributed by atoms with E-state index in [1.807, 2.05) is 0 Å². The van der Waals surface area contributed by atoms with Crippen LogP contribution in [0.1, 0.15) is 44.9 Å². The lowest BCUT2D eigenvalue weighted by molar-refractivity contribution is 0.412. The Balaban J connectivity index is 2.15. The predicted octanol–water partition coefficient (Wildman–Crippen LogP) is 4.67. The lowest BCUT2D eigenvalue weighted by Gasteiger charge is -2.40. The Bertz CT molecular complexity index is 615. The summed E-state index contributed by atoms with van der Waals surface area (Å²) >= 11 is 7.88. The molecule has 0 radical (unpaired) electrons. The van der Waals surface area contributed by atoms with Gasteiger partial charge in [0.1, 0.15) is 10.6 Å². The van der Waals surface area contributed by atoms with Crippen LogP contribution in [-0.2, 0) is 6.42 Å². The molecule has 20 heavy (non-hydrogen) atoms. The molecule has 2 aromatic rings. The highest BCUT2D eigenvalue weighted by Crippen LogP contribution is 2.36. The Morgan fingerprint density at radius 1 is 1.30 bits per heavy atom. The minimum absolute atomic E-state index is 0.363. The number of piperidine rings is 1. The summed E-state index contributed by atoms with van der Waals surface area (Å²) in [6, 6.07) is 3.26. The Kier molecular flexibility index (Phi) is 3.87. The molecular weight excluding hydrogens is 290 g/mol. The highest BCUT2D eigenvalue weighted by Gasteiger charge is 2.28. The molecule has 1 fully saturated rings. The third kappa shape index (κ3) is 2.40. The first-order valence-corrected chi connectivity index (χ1v) is 8.54. The molecular formula is C15H20ClN3S. The smallest absolute Gasteiger partial charge is 0.225 e. The summed E-state index contributed by atoms with van der Waals surface area (Å²) in [5.41, 5.74) is 0. The Morgan fingerprint density at radius 2 is 2.00 bits per heavy atom. The summed E-state index contributed by atoms with van der Waals surface area (Å²) in [6.45, 7) is 6.74. The van der Waals surface area contributed by atoms with Gasteiger partial charge in [0.25, 0.3) is 0 Å². The molecule has 1 saturated heterocycles. The van der Waals surface area contributed by atoms with Gasteiger partial charge >= 0.3 is 0 Å². The molecule has 3 nitrogen and oxygen atoms in total. The average molecular weight is 310 g/mol. The van der Waals surface area contributed by atoms with Crippen LogP contribution in [0.25, 0.3) is 10.2 Å². The molecule has 0 aliphatic carbocycles. The lowest BCUT2D eigenvalue weighted by Crippen LogP contribution is -2.44. The van der Waals surface area contributed by atoms with Gasteiger partial charge in [-0.05, 0) is 57.2 Å². The zero-order valence-corrected chi connectivity index (χ0v) is 13.8. The number of hydrogen-bond acceptors (Lipinski definition) is 4. The summed E-state index contributed by atoms with van der Waals surface area (Å²) in [5, 5.41) is 1.53. The Labute approximate surface area is 129 Å². The van der Waals surface area contributed by atoms with Crippen molar-refractivity contribution in [3.05, 3.63) is 16.2 Å². The van der Waals surface area contributed by atoms with Gasteiger partial charge in [-0.2, -0.15) is 4.98 Å². The van der Waals surface area contributed by atoms with Gasteiger partial charge in [-0.3, -0.25) is 0 Å². The molecule has 0 spiro atoms. The molecule has 3 heterocycles. The quantitative estimate of drug-likeness (QED) is 0.755. The van der Waals surface area contributed by atoms with Crippen LogP contribution in [-0.4, -0.2) is 22.1 Å². The second kappa shape index (κ2) is 5.49. The van der Waals surface area contributed by atoms with E-state index in [4.69, 9.17) is 11.6 Å². The van der Waals surface area contributed by atoms with Gasteiger partial charge in [0.2, 0.25) is 5.28 Å². The average Bonchev–Trinajstić information content (AvgIpc) is 2.81. The number of hydrogen-bond donors (Lipinski definition) is 0. The molecule has 0 amide bonds. The number of aromatic nitrogens is 2. The van der Waals surface area contributed by atoms with E-state index in [1.54, 1.807) is 11.3 Å². The standard InChI is InChI=1S/C15H20ClN3S/c1-4-11-8-12-13(17-15(16)18-14(12)20-11)19-9(2)6-5-7-10(19)3/h8-10H,4-7H2,1-3H3. The van der Waals surface area contributed by atoms with Crippen LogP contribution in [0.15, 0.2) is 6.07 Å². The monoisotopic (exact) mass is 309 g/mol.